The van der Waals surface area contributed by atoms with Gasteiger partial charge in [-0.1, -0.05) is 30.3 Å². The summed E-state index contributed by atoms with van der Waals surface area (Å²) in [4.78, 5) is 11.2. The Balaban J connectivity index is 2.51. The minimum Gasteiger partial charge on any atom is -0.374 e. The van der Waals surface area contributed by atoms with E-state index in [-0.39, 0.29) is 5.56 Å². The van der Waals surface area contributed by atoms with Crippen molar-refractivity contribution in [2.24, 2.45) is 0 Å². The number of aliphatic hydroxyl groups excluding tert-OH is 1. The predicted molar refractivity (Wildman–Crippen MR) is 56.2 cm³/mol. The highest BCUT2D eigenvalue weighted by Gasteiger charge is 2.01. The van der Waals surface area contributed by atoms with Gasteiger partial charge in [0.25, 0.3) is 5.56 Å². The molecule has 2 aromatic rings. The minimum atomic E-state index is -0.403. The Morgan fingerprint density at radius 3 is 2.53 bits per heavy atom. The molecule has 0 aliphatic heterocycles. The van der Waals surface area contributed by atoms with Crippen LogP contribution in [0.3, 0.4) is 0 Å². The largest absolute Gasteiger partial charge is 0.374 e. The van der Waals surface area contributed by atoms with E-state index in [0.29, 0.717) is 5.69 Å². The lowest BCUT2D eigenvalue weighted by Gasteiger charge is -2.03. The lowest BCUT2D eigenvalue weighted by molar-refractivity contribution is 0.189. The Kier molecular flexibility index (Phi) is 2.60. The number of hydrogen-bond donors (Lipinski definition) is 1. The molecule has 0 amide bonds. The molecule has 76 valence electrons. The smallest absolute Gasteiger partial charge is 0.268 e. The predicted octanol–water partition coefficient (Wildman–Crippen LogP) is 0.860. The highest BCUT2D eigenvalue weighted by molar-refractivity contribution is 5.57. The van der Waals surface area contributed by atoms with Gasteiger partial charge < -0.3 is 5.11 Å². The highest BCUT2D eigenvalue weighted by Crippen LogP contribution is 2.13. The second-order valence-electron chi connectivity index (χ2n) is 3.06. The van der Waals surface area contributed by atoms with Gasteiger partial charge in [0.15, 0.2) is 0 Å². The molecule has 0 saturated heterocycles. The molecule has 1 N–H and O–H groups in total. The van der Waals surface area contributed by atoms with Crippen LogP contribution in [0.4, 0.5) is 0 Å². The third-order valence-electron chi connectivity index (χ3n) is 2.07. The van der Waals surface area contributed by atoms with Crippen LogP contribution >= 0.6 is 0 Å². The molecule has 0 saturated carbocycles. The lowest BCUT2D eigenvalue weighted by Crippen LogP contribution is -2.21. The van der Waals surface area contributed by atoms with Crippen LogP contribution in [0.2, 0.25) is 0 Å². The van der Waals surface area contributed by atoms with Crippen LogP contribution in [0.5, 0.6) is 0 Å². The summed E-state index contributed by atoms with van der Waals surface area (Å²) >= 11 is 0. The lowest BCUT2D eigenvalue weighted by atomic mass is 10.1. The molecule has 0 aliphatic rings. The Morgan fingerprint density at radius 1 is 1.13 bits per heavy atom. The van der Waals surface area contributed by atoms with Gasteiger partial charge in [-0.3, -0.25) is 4.79 Å². The summed E-state index contributed by atoms with van der Waals surface area (Å²) in [6.45, 7) is -0.403. The fourth-order valence-electron chi connectivity index (χ4n) is 1.31. The van der Waals surface area contributed by atoms with Gasteiger partial charge in [-0.25, -0.2) is 4.68 Å². The van der Waals surface area contributed by atoms with Gasteiger partial charge in [-0.2, -0.15) is 5.10 Å². The van der Waals surface area contributed by atoms with E-state index in [2.05, 4.69) is 5.10 Å². The maximum Gasteiger partial charge on any atom is 0.268 e. The molecule has 0 fully saturated rings. The summed E-state index contributed by atoms with van der Waals surface area (Å²) in [5.74, 6) is 0. The second kappa shape index (κ2) is 4.06. The fourth-order valence-corrected chi connectivity index (χ4v) is 1.31. The van der Waals surface area contributed by atoms with Crippen LogP contribution in [0, 0.1) is 0 Å². The fraction of sp³-hybridized carbons (Fsp3) is 0.0909. The molecule has 1 aromatic carbocycles. The molecule has 0 atom stereocenters. The van der Waals surface area contributed by atoms with Crippen LogP contribution in [0.1, 0.15) is 0 Å². The first-order valence-electron chi connectivity index (χ1n) is 4.56. The molecule has 2 rings (SSSR count). The van der Waals surface area contributed by atoms with Crippen molar-refractivity contribution in [2.45, 2.75) is 6.73 Å². The maximum absolute atomic E-state index is 11.2. The first-order chi connectivity index (χ1) is 7.31. The Bertz CT molecular complexity index is 505. The first-order valence-corrected chi connectivity index (χ1v) is 4.56. The molecule has 0 bridgehead atoms. The summed E-state index contributed by atoms with van der Waals surface area (Å²) in [5.41, 5.74) is 1.28. The van der Waals surface area contributed by atoms with Crippen molar-refractivity contribution in [2.75, 3.05) is 0 Å². The number of aliphatic hydroxyl groups is 1. The molecular weight excluding hydrogens is 192 g/mol. The van der Waals surface area contributed by atoms with Gasteiger partial charge in [-0.05, 0) is 6.07 Å². The third-order valence-corrected chi connectivity index (χ3v) is 2.07. The standard InChI is InChI=1S/C11H10N2O2/c14-8-13-11(15)7-6-10(12-13)9-4-2-1-3-5-9/h1-7,14H,8H2. The van der Waals surface area contributed by atoms with E-state index in [0.717, 1.165) is 10.2 Å². The van der Waals surface area contributed by atoms with E-state index < -0.39 is 6.73 Å². The quantitative estimate of drug-likeness (QED) is 0.785. The van der Waals surface area contributed by atoms with Gasteiger partial charge in [0.1, 0.15) is 6.73 Å². The monoisotopic (exact) mass is 202 g/mol. The molecule has 0 spiro atoms. The Morgan fingerprint density at radius 2 is 1.87 bits per heavy atom. The average Bonchev–Trinajstić information content (AvgIpc) is 2.31. The van der Waals surface area contributed by atoms with E-state index in [1.54, 1.807) is 6.07 Å². The summed E-state index contributed by atoms with van der Waals surface area (Å²) in [6, 6.07) is 12.5. The average molecular weight is 202 g/mol. The summed E-state index contributed by atoms with van der Waals surface area (Å²) in [6.07, 6.45) is 0. The minimum absolute atomic E-state index is 0.308. The first kappa shape index (κ1) is 9.61. The van der Waals surface area contributed by atoms with Crippen molar-refractivity contribution in [1.82, 2.24) is 9.78 Å². The Labute approximate surface area is 86.4 Å². The van der Waals surface area contributed by atoms with Crippen LogP contribution in [0.15, 0.2) is 47.3 Å². The molecule has 15 heavy (non-hydrogen) atoms. The van der Waals surface area contributed by atoms with Crippen molar-refractivity contribution in [3.05, 3.63) is 52.8 Å². The number of nitrogens with zero attached hydrogens (tertiary/aromatic N) is 2. The van der Waals surface area contributed by atoms with Gasteiger partial charge >= 0.3 is 0 Å². The van der Waals surface area contributed by atoms with Gasteiger partial charge in [0.05, 0.1) is 5.69 Å². The van der Waals surface area contributed by atoms with Crippen LogP contribution < -0.4 is 5.56 Å². The zero-order valence-corrected chi connectivity index (χ0v) is 8.00. The van der Waals surface area contributed by atoms with Gasteiger partial charge in [0, 0.05) is 11.6 Å². The van der Waals surface area contributed by atoms with Crippen molar-refractivity contribution in [3.63, 3.8) is 0 Å². The third kappa shape index (κ3) is 1.94. The molecule has 0 radical (unpaired) electrons. The molecule has 0 unspecified atom stereocenters. The van der Waals surface area contributed by atoms with E-state index in [9.17, 15) is 4.79 Å². The maximum atomic E-state index is 11.2. The van der Waals surface area contributed by atoms with Crippen LogP contribution in [-0.4, -0.2) is 14.9 Å². The molecule has 4 nitrogen and oxygen atoms in total. The number of hydrogen-bond acceptors (Lipinski definition) is 3. The number of rotatable bonds is 2. The van der Waals surface area contributed by atoms with E-state index >= 15 is 0 Å². The second-order valence-corrected chi connectivity index (χ2v) is 3.06. The van der Waals surface area contributed by atoms with Crippen molar-refractivity contribution >= 4 is 0 Å². The molecular formula is C11H10N2O2. The van der Waals surface area contributed by atoms with Crippen molar-refractivity contribution in [1.29, 1.82) is 0 Å². The highest BCUT2D eigenvalue weighted by atomic mass is 16.3. The van der Waals surface area contributed by atoms with E-state index in [1.165, 1.54) is 6.07 Å². The Hall–Kier alpha value is -1.94. The normalized spacial score (nSPS) is 10.2. The van der Waals surface area contributed by atoms with Crippen molar-refractivity contribution in [3.8, 4) is 11.3 Å². The summed E-state index contributed by atoms with van der Waals surface area (Å²) in [5, 5.41) is 12.9. The van der Waals surface area contributed by atoms with Crippen molar-refractivity contribution < 1.29 is 5.11 Å². The zero-order valence-electron chi connectivity index (χ0n) is 8.00. The topological polar surface area (TPSA) is 55.1 Å². The molecule has 4 heteroatoms. The summed E-state index contributed by atoms with van der Waals surface area (Å²) < 4.78 is 1.02. The molecule has 1 heterocycles. The summed E-state index contributed by atoms with van der Waals surface area (Å²) in [7, 11) is 0. The zero-order chi connectivity index (χ0) is 10.7. The van der Waals surface area contributed by atoms with Gasteiger partial charge in [-0.15, -0.1) is 0 Å². The van der Waals surface area contributed by atoms with E-state index in [1.807, 2.05) is 30.3 Å². The SMILES string of the molecule is O=c1ccc(-c2ccccc2)nn1CO. The van der Waals surface area contributed by atoms with E-state index in [4.69, 9.17) is 5.11 Å². The molecule has 1 aromatic heterocycles. The van der Waals surface area contributed by atoms with Gasteiger partial charge in [0.2, 0.25) is 0 Å². The van der Waals surface area contributed by atoms with Crippen LogP contribution in [0.25, 0.3) is 11.3 Å². The van der Waals surface area contributed by atoms with Crippen LogP contribution in [-0.2, 0) is 6.73 Å². The number of benzene rings is 1. The molecule has 0 aliphatic carbocycles. The number of aromatic nitrogens is 2.